The van der Waals surface area contributed by atoms with Crippen LogP contribution in [0.25, 0.3) is 0 Å². The van der Waals surface area contributed by atoms with E-state index in [0.717, 1.165) is 5.13 Å². The number of aromatic nitrogens is 1. The maximum atomic E-state index is 13.4. The summed E-state index contributed by atoms with van der Waals surface area (Å²) in [7, 11) is -8.06. The van der Waals surface area contributed by atoms with E-state index in [1.165, 1.54) is 44.8 Å². The largest absolute Gasteiger partial charge is 0.380 e. The van der Waals surface area contributed by atoms with Gasteiger partial charge < -0.3 is 14.0 Å². The number of fused-ring (bicyclic) bond motifs is 1. The van der Waals surface area contributed by atoms with Crippen LogP contribution in [0.1, 0.15) is 15.9 Å². The summed E-state index contributed by atoms with van der Waals surface area (Å²) < 4.78 is 55.7. The van der Waals surface area contributed by atoms with Crippen LogP contribution in [0.4, 0.5) is 10.8 Å². The van der Waals surface area contributed by atoms with Gasteiger partial charge in [-0.15, -0.1) is 11.3 Å². The molecule has 2 aliphatic rings. The average molecular weight is 584 g/mol. The minimum atomic E-state index is -4.32. The van der Waals surface area contributed by atoms with Gasteiger partial charge in [-0.2, -0.15) is 17.9 Å². The first-order valence-corrected chi connectivity index (χ1v) is 15.3. The molecule has 0 unspecified atom stereocenters. The quantitative estimate of drug-likeness (QED) is 0.465. The Morgan fingerprint density at radius 3 is 2.43 bits per heavy atom. The van der Waals surface area contributed by atoms with E-state index in [9.17, 15) is 21.6 Å². The third-order valence-corrected chi connectivity index (χ3v) is 9.66. The van der Waals surface area contributed by atoms with E-state index in [-0.39, 0.29) is 16.2 Å². The molecule has 1 fully saturated rings. The molecular weight excluding hydrogens is 562 g/mol. The monoisotopic (exact) mass is 583 g/mol. The predicted molar refractivity (Wildman–Crippen MR) is 140 cm³/mol. The van der Waals surface area contributed by atoms with Gasteiger partial charge in [0, 0.05) is 43.8 Å². The molecule has 3 heterocycles. The van der Waals surface area contributed by atoms with Crippen LogP contribution < -0.4 is 19.1 Å². The zero-order chi connectivity index (χ0) is 26.4. The van der Waals surface area contributed by atoms with E-state index in [0.29, 0.717) is 55.5 Å². The molecule has 196 valence electrons. The van der Waals surface area contributed by atoms with Crippen molar-refractivity contribution < 1.29 is 25.8 Å². The van der Waals surface area contributed by atoms with E-state index < -0.39 is 26.2 Å². The lowest BCUT2D eigenvalue weighted by Gasteiger charge is -2.33. The standard InChI is InChI=1S/C22H22ClN5O6S3/c23-20-14-35-22(25-20)26-9-11-27(12-10-26)36(30,31)16-5-6-18-15(13-16)7-8-28(18)21(29)17-3-1-2-4-19(17)34-37(24,32)33/h1-6,13-14H,7-12H2,(H2,24,32,33). The molecule has 0 saturated carbocycles. The van der Waals surface area contributed by atoms with Crippen molar-refractivity contribution in [2.75, 3.05) is 42.5 Å². The maximum Gasteiger partial charge on any atom is 0.380 e. The van der Waals surface area contributed by atoms with E-state index in [2.05, 4.69) is 4.98 Å². The lowest BCUT2D eigenvalue weighted by atomic mass is 10.1. The Hall–Kier alpha value is -2.75. The number of amides is 1. The van der Waals surface area contributed by atoms with Gasteiger partial charge in [-0.3, -0.25) is 4.79 Å². The number of carbonyl (C=O) groups is 1. The van der Waals surface area contributed by atoms with Crippen LogP contribution in [0.5, 0.6) is 5.75 Å². The Balaban J connectivity index is 1.33. The summed E-state index contributed by atoms with van der Waals surface area (Å²) in [6, 6.07) is 10.6. The number of carbonyl (C=O) groups excluding carboxylic acids is 1. The number of nitrogens with two attached hydrogens (primary N) is 1. The number of halogens is 1. The summed E-state index contributed by atoms with van der Waals surface area (Å²) >= 11 is 7.33. The topological polar surface area (TPSA) is 143 Å². The first-order valence-electron chi connectivity index (χ1n) is 11.1. The number of rotatable bonds is 6. The van der Waals surface area contributed by atoms with E-state index in [4.69, 9.17) is 20.9 Å². The highest BCUT2D eigenvalue weighted by Gasteiger charge is 2.33. The summed E-state index contributed by atoms with van der Waals surface area (Å²) in [5, 5.41) is 7.90. The second kappa shape index (κ2) is 9.85. The zero-order valence-electron chi connectivity index (χ0n) is 19.3. The number of piperazine rings is 1. The lowest BCUT2D eigenvalue weighted by Crippen LogP contribution is -2.48. The summed E-state index contributed by atoms with van der Waals surface area (Å²) in [4.78, 5) is 21.1. The highest BCUT2D eigenvalue weighted by atomic mass is 35.5. The van der Waals surface area contributed by atoms with Gasteiger partial charge in [0.2, 0.25) is 10.0 Å². The molecule has 2 aliphatic heterocycles. The minimum Gasteiger partial charge on any atom is -0.370 e. The van der Waals surface area contributed by atoms with E-state index in [1.54, 1.807) is 23.6 Å². The van der Waals surface area contributed by atoms with Gasteiger partial charge in [-0.1, -0.05) is 23.7 Å². The van der Waals surface area contributed by atoms with Crippen molar-refractivity contribution in [1.82, 2.24) is 9.29 Å². The summed E-state index contributed by atoms with van der Waals surface area (Å²) in [6.45, 7) is 1.91. The van der Waals surface area contributed by atoms with Gasteiger partial charge in [-0.05, 0) is 42.3 Å². The Morgan fingerprint density at radius 1 is 1.03 bits per heavy atom. The Kier molecular flexibility index (Phi) is 6.89. The van der Waals surface area contributed by atoms with Crippen LogP contribution in [0.2, 0.25) is 5.15 Å². The summed E-state index contributed by atoms with van der Waals surface area (Å²) in [6.07, 6.45) is 0.446. The van der Waals surface area contributed by atoms with Crippen molar-refractivity contribution in [1.29, 1.82) is 0 Å². The number of hydrogen-bond donors (Lipinski definition) is 1. The number of nitrogens with zero attached hydrogens (tertiary/aromatic N) is 4. The SMILES string of the molecule is NS(=O)(=O)Oc1ccccc1C(=O)N1CCc2cc(S(=O)(=O)N3CCN(c4nc(Cl)cs4)CC3)ccc21. The first kappa shape index (κ1) is 25.9. The molecule has 11 nitrogen and oxygen atoms in total. The van der Waals surface area contributed by atoms with Crippen molar-refractivity contribution in [2.24, 2.45) is 5.14 Å². The molecular formula is C22H22ClN5O6S3. The van der Waals surface area contributed by atoms with Crippen molar-refractivity contribution in [2.45, 2.75) is 11.3 Å². The van der Waals surface area contributed by atoms with Gasteiger partial charge in [0.05, 0.1) is 10.5 Å². The van der Waals surface area contributed by atoms with E-state index in [1.807, 2.05) is 4.90 Å². The fourth-order valence-electron chi connectivity index (χ4n) is 4.40. The van der Waals surface area contributed by atoms with Crippen molar-refractivity contribution in [3.8, 4) is 5.75 Å². The molecule has 1 aromatic heterocycles. The molecule has 1 saturated heterocycles. The number of benzene rings is 2. The molecule has 5 rings (SSSR count). The molecule has 0 aliphatic carbocycles. The Morgan fingerprint density at radius 2 is 1.76 bits per heavy atom. The van der Waals surface area contributed by atoms with Crippen LogP contribution in [-0.4, -0.2) is 64.8 Å². The first-order chi connectivity index (χ1) is 17.5. The molecule has 0 spiro atoms. The summed E-state index contributed by atoms with van der Waals surface area (Å²) in [5.41, 5.74) is 1.29. The smallest absolute Gasteiger partial charge is 0.370 e. The second-order valence-electron chi connectivity index (χ2n) is 8.41. The van der Waals surface area contributed by atoms with Crippen molar-refractivity contribution in [3.63, 3.8) is 0 Å². The fourth-order valence-corrected chi connectivity index (χ4v) is 7.27. The maximum absolute atomic E-state index is 13.4. The lowest BCUT2D eigenvalue weighted by molar-refractivity contribution is 0.0988. The van der Waals surface area contributed by atoms with Crippen molar-refractivity contribution in [3.05, 3.63) is 64.1 Å². The van der Waals surface area contributed by atoms with Gasteiger partial charge in [0.15, 0.2) is 10.9 Å². The number of para-hydroxylation sites is 1. The van der Waals surface area contributed by atoms with Gasteiger partial charge in [0.25, 0.3) is 5.91 Å². The highest BCUT2D eigenvalue weighted by molar-refractivity contribution is 7.89. The van der Waals surface area contributed by atoms with Crippen LogP contribution >= 0.6 is 22.9 Å². The Bertz CT molecular complexity index is 1570. The van der Waals surface area contributed by atoms with Crippen LogP contribution in [0.15, 0.2) is 52.7 Å². The normalized spacial score (nSPS) is 16.6. The minimum absolute atomic E-state index is 0.0282. The average Bonchev–Trinajstić information content (AvgIpc) is 3.49. The molecule has 2 N–H and O–H groups in total. The molecule has 2 aromatic carbocycles. The number of anilines is 2. The molecule has 3 aromatic rings. The van der Waals surface area contributed by atoms with Crippen LogP contribution in [0, 0.1) is 0 Å². The van der Waals surface area contributed by atoms with Crippen LogP contribution in [-0.2, 0) is 26.7 Å². The molecule has 1 amide bonds. The van der Waals surface area contributed by atoms with Gasteiger partial charge >= 0.3 is 10.3 Å². The molecule has 15 heteroatoms. The third-order valence-electron chi connectivity index (χ3n) is 6.13. The molecule has 0 atom stereocenters. The highest BCUT2D eigenvalue weighted by Crippen LogP contribution is 2.34. The zero-order valence-corrected chi connectivity index (χ0v) is 22.5. The van der Waals surface area contributed by atoms with Crippen molar-refractivity contribution >= 4 is 60.0 Å². The fraction of sp³-hybridized carbons (Fsp3) is 0.273. The number of hydrogen-bond acceptors (Lipinski definition) is 9. The third kappa shape index (κ3) is 5.30. The molecule has 0 bridgehead atoms. The Labute approximate surface area is 223 Å². The number of thiazole rings is 1. The van der Waals surface area contributed by atoms with Gasteiger partial charge in [-0.25, -0.2) is 13.4 Å². The number of sulfonamides is 1. The van der Waals surface area contributed by atoms with Gasteiger partial charge in [0.1, 0.15) is 5.15 Å². The van der Waals surface area contributed by atoms with E-state index >= 15 is 0 Å². The summed E-state index contributed by atoms with van der Waals surface area (Å²) in [5.74, 6) is -0.658. The van der Waals surface area contributed by atoms with Crippen LogP contribution in [0.3, 0.4) is 0 Å². The molecule has 0 radical (unpaired) electrons. The molecule has 37 heavy (non-hydrogen) atoms. The second-order valence-corrected chi connectivity index (χ2v) is 12.7. The predicted octanol–water partition coefficient (Wildman–Crippen LogP) is 2.09.